The van der Waals surface area contributed by atoms with Crippen LogP contribution in [0.1, 0.15) is 35.1 Å². The van der Waals surface area contributed by atoms with Crippen molar-refractivity contribution in [2.45, 2.75) is 19.4 Å². The Balaban J connectivity index is 1.85. The summed E-state index contributed by atoms with van der Waals surface area (Å²) in [6.07, 6.45) is 5.36. The van der Waals surface area contributed by atoms with Crippen LogP contribution in [-0.2, 0) is 16.1 Å². The molecule has 2 aliphatic rings. The highest BCUT2D eigenvalue weighted by Gasteiger charge is 2.24. The first kappa shape index (κ1) is 18.5. The summed E-state index contributed by atoms with van der Waals surface area (Å²) in [5.41, 5.74) is 7.31. The first-order chi connectivity index (χ1) is 13.7. The Kier molecular flexibility index (Phi) is 5.31. The highest BCUT2D eigenvalue weighted by atomic mass is 16.5. The van der Waals surface area contributed by atoms with E-state index in [1.165, 1.54) is 35.5 Å². The number of esters is 1. The molecule has 0 saturated carbocycles. The lowest BCUT2D eigenvalue weighted by molar-refractivity contribution is -0.134. The molecule has 1 fully saturated rings. The number of rotatable bonds is 2. The number of carbonyl (C=O) groups is 1. The molecule has 28 heavy (non-hydrogen) atoms. The number of fused-ring (bicyclic) bond motifs is 2. The van der Waals surface area contributed by atoms with Crippen molar-refractivity contribution in [2.75, 3.05) is 27.2 Å². The number of hydrogen-bond donors (Lipinski definition) is 0. The van der Waals surface area contributed by atoms with Crippen molar-refractivity contribution >= 4 is 17.6 Å². The lowest BCUT2D eigenvalue weighted by atomic mass is 9.86. The quantitative estimate of drug-likeness (QED) is 0.580. The topological polar surface area (TPSA) is 38.8 Å². The van der Waals surface area contributed by atoms with Gasteiger partial charge >= 0.3 is 5.97 Å². The molecule has 0 N–H and O–H groups in total. The third-order valence-electron chi connectivity index (χ3n) is 5.50. The Hall–Kier alpha value is -2.85. The van der Waals surface area contributed by atoms with Crippen molar-refractivity contribution in [2.24, 2.45) is 0 Å². The van der Waals surface area contributed by atoms with Gasteiger partial charge in [-0.3, -0.25) is 0 Å². The largest absolute Gasteiger partial charge is 0.488 e. The molecule has 0 amide bonds. The molecule has 0 unspecified atom stereocenters. The van der Waals surface area contributed by atoms with Crippen molar-refractivity contribution in [3.05, 3.63) is 76.4 Å². The summed E-state index contributed by atoms with van der Waals surface area (Å²) in [6.45, 7) is 2.70. The van der Waals surface area contributed by atoms with E-state index in [1.807, 2.05) is 12.1 Å². The summed E-state index contributed by atoms with van der Waals surface area (Å²) < 4.78 is 10.9. The Morgan fingerprint density at radius 2 is 1.89 bits per heavy atom. The van der Waals surface area contributed by atoms with Crippen molar-refractivity contribution in [3.8, 4) is 5.75 Å². The summed E-state index contributed by atoms with van der Waals surface area (Å²) >= 11 is 0. The average molecular weight is 375 g/mol. The fourth-order valence-corrected chi connectivity index (χ4v) is 3.91. The maximum Gasteiger partial charge on any atom is 0.330 e. The molecule has 4 heteroatoms. The second-order valence-corrected chi connectivity index (χ2v) is 7.34. The monoisotopic (exact) mass is 375 g/mol. The van der Waals surface area contributed by atoms with Crippen molar-refractivity contribution in [1.82, 2.24) is 4.90 Å². The zero-order valence-electron chi connectivity index (χ0n) is 16.4. The van der Waals surface area contributed by atoms with E-state index in [-0.39, 0.29) is 5.97 Å². The molecular formula is C24H25NO3. The molecule has 0 radical (unpaired) electrons. The van der Waals surface area contributed by atoms with Crippen LogP contribution in [0.2, 0.25) is 0 Å². The Morgan fingerprint density at radius 3 is 2.68 bits per heavy atom. The van der Waals surface area contributed by atoms with E-state index in [9.17, 15) is 4.79 Å². The summed E-state index contributed by atoms with van der Waals surface area (Å²) in [4.78, 5) is 13.9. The SMILES string of the molecule is COC(=O)/C=C/c1ccc2c(c1)C(=C1CCN(C)CC1)c1ccccc1CO2. The number of benzene rings is 2. The smallest absolute Gasteiger partial charge is 0.330 e. The van der Waals surface area contributed by atoms with Crippen molar-refractivity contribution in [1.29, 1.82) is 0 Å². The molecule has 2 aliphatic heterocycles. The molecule has 1 saturated heterocycles. The Bertz CT molecular complexity index is 948. The van der Waals surface area contributed by atoms with E-state index < -0.39 is 0 Å². The van der Waals surface area contributed by atoms with E-state index in [0.29, 0.717) is 6.61 Å². The maximum absolute atomic E-state index is 11.5. The van der Waals surface area contributed by atoms with Crippen LogP contribution in [-0.4, -0.2) is 38.1 Å². The summed E-state index contributed by atoms with van der Waals surface area (Å²) in [5.74, 6) is 0.540. The average Bonchev–Trinajstić information content (AvgIpc) is 2.89. The van der Waals surface area contributed by atoms with E-state index in [2.05, 4.69) is 42.3 Å². The normalized spacial score (nSPS) is 16.9. The van der Waals surface area contributed by atoms with Gasteiger partial charge in [0.2, 0.25) is 0 Å². The second-order valence-electron chi connectivity index (χ2n) is 7.34. The lowest BCUT2D eigenvalue weighted by Crippen LogP contribution is -2.27. The van der Waals surface area contributed by atoms with Gasteiger partial charge in [0.15, 0.2) is 0 Å². The van der Waals surface area contributed by atoms with Gasteiger partial charge in [-0.1, -0.05) is 35.9 Å². The van der Waals surface area contributed by atoms with Crippen molar-refractivity contribution in [3.63, 3.8) is 0 Å². The van der Waals surface area contributed by atoms with Gasteiger partial charge in [-0.15, -0.1) is 0 Å². The van der Waals surface area contributed by atoms with Gasteiger partial charge in [-0.25, -0.2) is 4.79 Å². The minimum atomic E-state index is -0.356. The summed E-state index contributed by atoms with van der Waals surface area (Å²) in [6, 6.07) is 14.6. The molecule has 144 valence electrons. The fourth-order valence-electron chi connectivity index (χ4n) is 3.91. The van der Waals surface area contributed by atoms with Crippen LogP contribution >= 0.6 is 0 Å². The van der Waals surface area contributed by atoms with Crippen LogP contribution in [0.5, 0.6) is 5.75 Å². The van der Waals surface area contributed by atoms with Crippen LogP contribution < -0.4 is 4.74 Å². The van der Waals surface area contributed by atoms with Gasteiger partial charge in [-0.05, 0) is 60.4 Å². The predicted molar refractivity (Wildman–Crippen MR) is 111 cm³/mol. The van der Waals surface area contributed by atoms with Gasteiger partial charge in [0, 0.05) is 24.7 Å². The number of carbonyl (C=O) groups excluding carboxylic acids is 1. The first-order valence-electron chi connectivity index (χ1n) is 9.68. The zero-order chi connectivity index (χ0) is 19.5. The molecule has 0 aliphatic carbocycles. The summed E-state index contributed by atoms with van der Waals surface area (Å²) in [7, 11) is 3.56. The number of hydrogen-bond acceptors (Lipinski definition) is 4. The van der Waals surface area contributed by atoms with Crippen LogP contribution in [0.25, 0.3) is 11.6 Å². The third-order valence-corrected chi connectivity index (χ3v) is 5.50. The van der Waals surface area contributed by atoms with Crippen LogP contribution in [0.4, 0.5) is 0 Å². The Labute approximate surface area is 166 Å². The molecule has 2 aromatic carbocycles. The Morgan fingerprint density at radius 1 is 1.11 bits per heavy atom. The van der Waals surface area contributed by atoms with E-state index >= 15 is 0 Å². The molecule has 0 spiro atoms. The van der Waals surface area contributed by atoms with Gasteiger partial charge < -0.3 is 14.4 Å². The summed E-state index contributed by atoms with van der Waals surface area (Å²) in [5, 5.41) is 0. The van der Waals surface area contributed by atoms with Gasteiger partial charge in [0.25, 0.3) is 0 Å². The number of likely N-dealkylation sites (tertiary alicyclic amines) is 1. The standard InChI is InChI=1S/C24H25NO3/c1-25-13-11-18(12-14-25)24-20-6-4-3-5-19(20)16-28-22-9-7-17(15-21(22)24)8-10-23(26)27-2/h3-10,15H,11-14,16H2,1-2H3/b10-8+. The third kappa shape index (κ3) is 3.73. The number of piperidine rings is 1. The minimum absolute atomic E-state index is 0.356. The molecule has 4 nitrogen and oxygen atoms in total. The fraction of sp³-hybridized carbons (Fsp3) is 0.292. The predicted octanol–water partition coefficient (Wildman–Crippen LogP) is 4.29. The first-order valence-corrected chi connectivity index (χ1v) is 9.68. The molecular weight excluding hydrogens is 350 g/mol. The van der Waals surface area contributed by atoms with Gasteiger partial charge in [-0.2, -0.15) is 0 Å². The van der Waals surface area contributed by atoms with E-state index in [0.717, 1.165) is 42.8 Å². The minimum Gasteiger partial charge on any atom is -0.488 e. The number of methoxy groups -OCH3 is 1. The molecule has 0 aromatic heterocycles. The highest BCUT2D eigenvalue weighted by molar-refractivity contribution is 5.90. The van der Waals surface area contributed by atoms with Gasteiger partial charge in [0.05, 0.1) is 7.11 Å². The van der Waals surface area contributed by atoms with Crippen LogP contribution in [0, 0.1) is 0 Å². The molecule has 0 atom stereocenters. The second kappa shape index (κ2) is 8.03. The zero-order valence-corrected chi connectivity index (χ0v) is 16.4. The van der Waals surface area contributed by atoms with Crippen molar-refractivity contribution < 1.29 is 14.3 Å². The molecule has 0 bridgehead atoms. The van der Waals surface area contributed by atoms with E-state index in [4.69, 9.17) is 9.47 Å². The number of ether oxygens (including phenoxy) is 2. The molecule has 2 heterocycles. The molecule has 2 aromatic rings. The molecule has 4 rings (SSSR count). The lowest BCUT2D eigenvalue weighted by Gasteiger charge is -2.27. The van der Waals surface area contributed by atoms with Crippen LogP contribution in [0.15, 0.2) is 54.1 Å². The van der Waals surface area contributed by atoms with Crippen LogP contribution in [0.3, 0.4) is 0 Å². The van der Waals surface area contributed by atoms with E-state index in [1.54, 1.807) is 6.08 Å². The number of nitrogens with zero attached hydrogens (tertiary/aromatic N) is 1. The maximum atomic E-state index is 11.5. The highest BCUT2D eigenvalue weighted by Crippen LogP contribution is 2.41. The van der Waals surface area contributed by atoms with Gasteiger partial charge in [0.1, 0.15) is 12.4 Å².